The van der Waals surface area contributed by atoms with E-state index < -0.39 is 5.97 Å². The Morgan fingerprint density at radius 1 is 1.69 bits per heavy atom. The molecule has 0 aliphatic carbocycles. The van der Waals surface area contributed by atoms with Crippen LogP contribution in [0.4, 0.5) is 0 Å². The van der Waals surface area contributed by atoms with Gasteiger partial charge in [0, 0.05) is 6.42 Å². The molecule has 0 bridgehead atoms. The number of rotatable bonds is 5. The first kappa shape index (κ1) is 10.5. The van der Waals surface area contributed by atoms with Gasteiger partial charge in [-0.05, 0) is 37.8 Å². The SMILES string of the molecule is CCC(CCC(=O)O)C1CCNC1. The van der Waals surface area contributed by atoms with E-state index in [9.17, 15) is 4.79 Å². The molecule has 0 aromatic carbocycles. The maximum absolute atomic E-state index is 10.4. The maximum Gasteiger partial charge on any atom is 0.303 e. The summed E-state index contributed by atoms with van der Waals surface area (Å²) in [6.45, 7) is 4.34. The molecule has 0 radical (unpaired) electrons. The summed E-state index contributed by atoms with van der Waals surface area (Å²) < 4.78 is 0. The van der Waals surface area contributed by atoms with Gasteiger partial charge in [-0.1, -0.05) is 13.3 Å². The molecule has 1 aliphatic rings. The number of carbonyl (C=O) groups is 1. The van der Waals surface area contributed by atoms with Crippen LogP contribution in [-0.4, -0.2) is 24.2 Å². The third kappa shape index (κ3) is 3.35. The summed E-state index contributed by atoms with van der Waals surface area (Å²) in [5, 5.41) is 11.9. The molecule has 2 N–H and O–H groups in total. The molecule has 1 rings (SSSR count). The second-order valence-electron chi connectivity index (χ2n) is 3.85. The molecule has 1 fully saturated rings. The Bertz CT molecular complexity index is 164. The Kier molecular flexibility index (Phi) is 4.22. The fraction of sp³-hybridized carbons (Fsp3) is 0.900. The third-order valence-corrected chi connectivity index (χ3v) is 3.02. The van der Waals surface area contributed by atoms with Crippen LogP contribution >= 0.6 is 0 Å². The molecule has 0 aromatic heterocycles. The molecule has 0 saturated carbocycles. The lowest BCUT2D eigenvalue weighted by atomic mass is 9.86. The van der Waals surface area contributed by atoms with Gasteiger partial charge in [-0.3, -0.25) is 4.79 Å². The molecule has 13 heavy (non-hydrogen) atoms. The molecule has 0 amide bonds. The van der Waals surface area contributed by atoms with Crippen LogP contribution in [0.3, 0.4) is 0 Å². The van der Waals surface area contributed by atoms with Gasteiger partial charge in [0.1, 0.15) is 0 Å². The predicted octanol–water partition coefficient (Wildman–Crippen LogP) is 1.49. The number of carboxylic acid groups (broad SMARTS) is 1. The highest BCUT2D eigenvalue weighted by Crippen LogP contribution is 2.25. The normalized spacial score (nSPS) is 24.5. The Balaban J connectivity index is 2.28. The zero-order valence-electron chi connectivity index (χ0n) is 8.25. The third-order valence-electron chi connectivity index (χ3n) is 3.02. The number of aliphatic carboxylic acids is 1. The molecule has 2 unspecified atom stereocenters. The van der Waals surface area contributed by atoms with Gasteiger partial charge in [0.15, 0.2) is 0 Å². The van der Waals surface area contributed by atoms with Crippen LogP contribution in [0.1, 0.15) is 32.6 Å². The Hall–Kier alpha value is -0.570. The minimum absolute atomic E-state index is 0.328. The van der Waals surface area contributed by atoms with E-state index in [0.717, 1.165) is 25.9 Å². The van der Waals surface area contributed by atoms with E-state index in [1.807, 2.05) is 0 Å². The van der Waals surface area contributed by atoms with Crippen molar-refractivity contribution in [1.29, 1.82) is 0 Å². The molecule has 3 heteroatoms. The van der Waals surface area contributed by atoms with Gasteiger partial charge >= 0.3 is 5.97 Å². The minimum atomic E-state index is -0.663. The van der Waals surface area contributed by atoms with Gasteiger partial charge in [-0.15, -0.1) is 0 Å². The van der Waals surface area contributed by atoms with Crippen LogP contribution in [0, 0.1) is 11.8 Å². The van der Waals surface area contributed by atoms with Crippen molar-refractivity contribution in [3.8, 4) is 0 Å². The topological polar surface area (TPSA) is 49.3 Å². The highest BCUT2D eigenvalue weighted by atomic mass is 16.4. The highest BCUT2D eigenvalue weighted by molar-refractivity contribution is 5.66. The molecule has 1 aliphatic heterocycles. The van der Waals surface area contributed by atoms with Crippen molar-refractivity contribution in [1.82, 2.24) is 5.32 Å². The van der Waals surface area contributed by atoms with E-state index in [1.165, 1.54) is 6.42 Å². The molecule has 1 saturated heterocycles. The molecular formula is C10H19NO2. The van der Waals surface area contributed by atoms with Crippen LogP contribution in [0.15, 0.2) is 0 Å². The summed E-state index contributed by atoms with van der Waals surface area (Å²) in [4.78, 5) is 10.4. The Morgan fingerprint density at radius 2 is 2.46 bits per heavy atom. The van der Waals surface area contributed by atoms with Crippen LogP contribution in [0.5, 0.6) is 0 Å². The van der Waals surface area contributed by atoms with Gasteiger partial charge in [-0.2, -0.15) is 0 Å². The molecule has 3 nitrogen and oxygen atoms in total. The van der Waals surface area contributed by atoms with Gasteiger partial charge < -0.3 is 10.4 Å². The van der Waals surface area contributed by atoms with Crippen LogP contribution in [0.25, 0.3) is 0 Å². The molecule has 2 atom stereocenters. The summed E-state index contributed by atoms with van der Waals surface area (Å²) in [5.41, 5.74) is 0. The second kappa shape index (κ2) is 5.22. The summed E-state index contributed by atoms with van der Waals surface area (Å²) in [5.74, 6) is 0.653. The largest absolute Gasteiger partial charge is 0.481 e. The Labute approximate surface area is 79.5 Å². The molecule has 0 aromatic rings. The van der Waals surface area contributed by atoms with Crippen molar-refractivity contribution in [2.45, 2.75) is 32.6 Å². The fourth-order valence-corrected chi connectivity index (χ4v) is 2.16. The van der Waals surface area contributed by atoms with Crippen LogP contribution in [-0.2, 0) is 4.79 Å². The zero-order valence-corrected chi connectivity index (χ0v) is 8.25. The number of hydrogen-bond donors (Lipinski definition) is 2. The number of hydrogen-bond acceptors (Lipinski definition) is 2. The quantitative estimate of drug-likeness (QED) is 0.682. The van der Waals surface area contributed by atoms with E-state index in [2.05, 4.69) is 12.2 Å². The predicted molar refractivity (Wildman–Crippen MR) is 51.6 cm³/mol. The first-order chi connectivity index (χ1) is 6.24. The first-order valence-electron chi connectivity index (χ1n) is 5.16. The fourth-order valence-electron chi connectivity index (χ4n) is 2.16. The van der Waals surface area contributed by atoms with Crippen molar-refractivity contribution in [3.05, 3.63) is 0 Å². The van der Waals surface area contributed by atoms with Crippen molar-refractivity contribution < 1.29 is 9.90 Å². The van der Waals surface area contributed by atoms with Crippen LogP contribution in [0.2, 0.25) is 0 Å². The molecule has 1 heterocycles. The average molecular weight is 185 g/mol. The first-order valence-corrected chi connectivity index (χ1v) is 5.16. The maximum atomic E-state index is 10.4. The summed E-state index contributed by atoms with van der Waals surface area (Å²) in [7, 11) is 0. The average Bonchev–Trinajstić information content (AvgIpc) is 2.58. The lowest BCUT2D eigenvalue weighted by Gasteiger charge is -2.20. The van der Waals surface area contributed by atoms with E-state index in [-0.39, 0.29) is 0 Å². The molecular weight excluding hydrogens is 166 g/mol. The standard InChI is InChI=1S/C10H19NO2/c1-2-8(3-4-10(12)13)9-5-6-11-7-9/h8-9,11H,2-7H2,1H3,(H,12,13). The lowest BCUT2D eigenvalue weighted by Crippen LogP contribution is -2.18. The summed E-state index contributed by atoms with van der Waals surface area (Å²) in [6.07, 6.45) is 3.50. The van der Waals surface area contributed by atoms with E-state index in [0.29, 0.717) is 18.3 Å². The lowest BCUT2D eigenvalue weighted by molar-refractivity contribution is -0.137. The van der Waals surface area contributed by atoms with E-state index in [4.69, 9.17) is 5.11 Å². The zero-order chi connectivity index (χ0) is 9.68. The Morgan fingerprint density at radius 3 is 2.92 bits per heavy atom. The van der Waals surface area contributed by atoms with Crippen LogP contribution < -0.4 is 5.32 Å². The molecule has 0 spiro atoms. The smallest absolute Gasteiger partial charge is 0.303 e. The summed E-state index contributed by atoms with van der Waals surface area (Å²) in [6, 6.07) is 0. The summed E-state index contributed by atoms with van der Waals surface area (Å²) >= 11 is 0. The van der Waals surface area contributed by atoms with E-state index in [1.54, 1.807) is 0 Å². The number of nitrogens with one attached hydrogen (secondary N) is 1. The number of carboxylic acids is 1. The van der Waals surface area contributed by atoms with Gasteiger partial charge in [0.25, 0.3) is 0 Å². The monoisotopic (exact) mass is 185 g/mol. The van der Waals surface area contributed by atoms with Gasteiger partial charge in [0.05, 0.1) is 0 Å². The molecule has 76 valence electrons. The van der Waals surface area contributed by atoms with Gasteiger partial charge in [0.2, 0.25) is 0 Å². The van der Waals surface area contributed by atoms with Crippen molar-refractivity contribution in [3.63, 3.8) is 0 Å². The minimum Gasteiger partial charge on any atom is -0.481 e. The highest BCUT2D eigenvalue weighted by Gasteiger charge is 2.23. The second-order valence-corrected chi connectivity index (χ2v) is 3.85. The van der Waals surface area contributed by atoms with Crippen molar-refractivity contribution >= 4 is 5.97 Å². The van der Waals surface area contributed by atoms with E-state index >= 15 is 0 Å². The van der Waals surface area contributed by atoms with Crippen molar-refractivity contribution in [2.75, 3.05) is 13.1 Å². The van der Waals surface area contributed by atoms with Crippen molar-refractivity contribution in [2.24, 2.45) is 11.8 Å². The van der Waals surface area contributed by atoms with Gasteiger partial charge in [-0.25, -0.2) is 0 Å².